The van der Waals surface area contributed by atoms with Gasteiger partial charge in [-0.05, 0) is 42.8 Å². The summed E-state index contributed by atoms with van der Waals surface area (Å²) in [6, 6.07) is 12.3. The van der Waals surface area contributed by atoms with Crippen LogP contribution in [-0.4, -0.2) is 22.8 Å². The fraction of sp³-hybridized carbons (Fsp3) is 0.158. The van der Waals surface area contributed by atoms with E-state index >= 15 is 0 Å². The van der Waals surface area contributed by atoms with E-state index in [0.717, 1.165) is 17.7 Å². The molecule has 134 valence electrons. The third-order valence-corrected chi connectivity index (χ3v) is 3.59. The van der Waals surface area contributed by atoms with Gasteiger partial charge in [-0.15, -0.1) is 0 Å². The van der Waals surface area contributed by atoms with Crippen LogP contribution in [0.1, 0.15) is 23.0 Å². The number of hydrogen-bond donors (Lipinski definition) is 1. The molecule has 0 spiro atoms. The number of nitrogens with one attached hydrogen (secondary N) is 1. The Hall–Kier alpha value is -3.22. The Morgan fingerprint density at radius 1 is 1.12 bits per heavy atom. The molecule has 0 saturated carbocycles. The molecule has 0 fully saturated rings. The van der Waals surface area contributed by atoms with Gasteiger partial charge in [-0.3, -0.25) is 5.10 Å². The summed E-state index contributed by atoms with van der Waals surface area (Å²) in [6.07, 6.45) is 0. The molecule has 2 aromatic carbocycles. The Labute approximate surface area is 148 Å². The second-order valence-corrected chi connectivity index (χ2v) is 5.45. The summed E-state index contributed by atoms with van der Waals surface area (Å²) in [5.74, 6) is -1.75. The van der Waals surface area contributed by atoms with Crippen molar-refractivity contribution in [1.82, 2.24) is 10.2 Å². The third kappa shape index (κ3) is 4.05. The van der Waals surface area contributed by atoms with Crippen molar-refractivity contribution in [3.8, 4) is 17.0 Å². The zero-order valence-corrected chi connectivity index (χ0v) is 14.0. The smallest absolute Gasteiger partial charge is 0.356 e. The van der Waals surface area contributed by atoms with Crippen molar-refractivity contribution in [3.05, 3.63) is 71.4 Å². The molecule has 1 heterocycles. The highest BCUT2D eigenvalue weighted by Gasteiger charge is 2.12. The third-order valence-electron chi connectivity index (χ3n) is 3.59. The monoisotopic (exact) mass is 358 g/mol. The van der Waals surface area contributed by atoms with Gasteiger partial charge in [0.2, 0.25) is 0 Å². The van der Waals surface area contributed by atoms with E-state index in [4.69, 9.17) is 9.47 Å². The van der Waals surface area contributed by atoms with Crippen molar-refractivity contribution >= 4 is 5.97 Å². The Kier molecular flexibility index (Phi) is 5.26. The van der Waals surface area contributed by atoms with Crippen LogP contribution in [0.25, 0.3) is 11.3 Å². The Balaban J connectivity index is 1.72. The lowest BCUT2D eigenvalue weighted by atomic mass is 10.1. The highest BCUT2D eigenvalue weighted by Crippen LogP contribution is 2.24. The first-order valence-corrected chi connectivity index (χ1v) is 7.96. The highest BCUT2D eigenvalue weighted by atomic mass is 19.2. The minimum Gasteiger partial charge on any atom is -0.489 e. The number of halogens is 2. The van der Waals surface area contributed by atoms with E-state index in [1.54, 1.807) is 31.2 Å². The van der Waals surface area contributed by atoms with Crippen LogP contribution in [0.15, 0.2) is 48.5 Å². The molecule has 0 radical (unpaired) electrons. The molecule has 0 aliphatic rings. The van der Waals surface area contributed by atoms with E-state index in [1.165, 1.54) is 6.07 Å². The molecular formula is C19H16F2N2O3. The normalized spacial score (nSPS) is 10.6. The first-order valence-electron chi connectivity index (χ1n) is 7.96. The molecule has 1 aromatic heterocycles. The fourth-order valence-corrected chi connectivity index (χ4v) is 2.32. The SMILES string of the molecule is CCOC(=O)c1cc(-c2cccc(OCc3ccc(F)c(F)c3)c2)n[nH]1. The topological polar surface area (TPSA) is 64.2 Å². The number of ether oxygens (including phenoxy) is 2. The van der Waals surface area contributed by atoms with Crippen LogP contribution in [0.3, 0.4) is 0 Å². The number of H-pyrrole nitrogens is 1. The van der Waals surface area contributed by atoms with Gasteiger partial charge in [-0.2, -0.15) is 5.10 Å². The van der Waals surface area contributed by atoms with Crippen LogP contribution in [-0.2, 0) is 11.3 Å². The molecule has 3 rings (SSSR count). The Morgan fingerprint density at radius 3 is 2.73 bits per heavy atom. The number of aromatic nitrogens is 2. The second kappa shape index (κ2) is 7.77. The molecule has 0 unspecified atom stereocenters. The molecule has 7 heteroatoms. The van der Waals surface area contributed by atoms with E-state index in [0.29, 0.717) is 17.0 Å². The molecule has 3 aromatic rings. The minimum absolute atomic E-state index is 0.0926. The summed E-state index contributed by atoms with van der Waals surface area (Å²) >= 11 is 0. The van der Waals surface area contributed by atoms with E-state index in [9.17, 15) is 13.6 Å². The first-order chi connectivity index (χ1) is 12.6. The van der Waals surface area contributed by atoms with E-state index in [1.807, 2.05) is 6.07 Å². The lowest BCUT2D eigenvalue weighted by Gasteiger charge is -2.08. The van der Waals surface area contributed by atoms with Crippen LogP contribution >= 0.6 is 0 Å². The lowest BCUT2D eigenvalue weighted by Crippen LogP contribution is -2.04. The number of hydrogen-bond acceptors (Lipinski definition) is 4. The molecule has 0 bridgehead atoms. The minimum atomic E-state index is -0.914. The molecule has 0 amide bonds. The molecular weight excluding hydrogens is 342 g/mol. The summed E-state index contributed by atoms with van der Waals surface area (Å²) in [5, 5.41) is 6.73. The number of esters is 1. The lowest BCUT2D eigenvalue weighted by molar-refractivity contribution is 0.0519. The van der Waals surface area contributed by atoms with Gasteiger partial charge < -0.3 is 9.47 Å². The predicted molar refractivity (Wildman–Crippen MR) is 90.7 cm³/mol. The van der Waals surface area contributed by atoms with Crippen LogP contribution in [0.2, 0.25) is 0 Å². The summed E-state index contributed by atoms with van der Waals surface area (Å²) in [7, 11) is 0. The maximum Gasteiger partial charge on any atom is 0.356 e. The molecule has 5 nitrogen and oxygen atoms in total. The van der Waals surface area contributed by atoms with Gasteiger partial charge in [0.25, 0.3) is 0 Å². The molecule has 0 atom stereocenters. The zero-order valence-electron chi connectivity index (χ0n) is 14.0. The standard InChI is InChI=1S/C19H16F2N2O3/c1-2-25-19(24)18-10-17(22-23-18)13-4-3-5-14(9-13)26-11-12-6-7-15(20)16(21)8-12/h3-10H,2,11H2,1H3,(H,22,23). The maximum atomic E-state index is 13.2. The largest absolute Gasteiger partial charge is 0.489 e. The van der Waals surface area contributed by atoms with Crippen molar-refractivity contribution in [1.29, 1.82) is 0 Å². The van der Waals surface area contributed by atoms with Crippen LogP contribution < -0.4 is 4.74 Å². The quantitative estimate of drug-likeness (QED) is 0.674. The van der Waals surface area contributed by atoms with E-state index in [2.05, 4.69) is 10.2 Å². The molecule has 0 aliphatic heterocycles. The van der Waals surface area contributed by atoms with Crippen LogP contribution in [0, 0.1) is 11.6 Å². The first kappa shape index (κ1) is 17.6. The molecule has 26 heavy (non-hydrogen) atoms. The van der Waals surface area contributed by atoms with Crippen molar-refractivity contribution in [2.75, 3.05) is 6.61 Å². The van der Waals surface area contributed by atoms with Crippen LogP contribution in [0.4, 0.5) is 8.78 Å². The molecule has 0 aliphatic carbocycles. The maximum absolute atomic E-state index is 13.2. The average molecular weight is 358 g/mol. The average Bonchev–Trinajstić information content (AvgIpc) is 3.13. The number of carbonyl (C=O) groups excluding carboxylic acids is 1. The number of carbonyl (C=O) groups is 1. The van der Waals surface area contributed by atoms with Gasteiger partial charge in [-0.1, -0.05) is 18.2 Å². The van der Waals surface area contributed by atoms with Gasteiger partial charge in [-0.25, -0.2) is 13.6 Å². The number of nitrogens with zero attached hydrogens (tertiary/aromatic N) is 1. The number of rotatable bonds is 6. The Morgan fingerprint density at radius 2 is 1.96 bits per heavy atom. The number of aromatic amines is 1. The van der Waals surface area contributed by atoms with Gasteiger partial charge in [0.15, 0.2) is 11.6 Å². The zero-order chi connectivity index (χ0) is 18.5. The summed E-state index contributed by atoms with van der Waals surface area (Å²) in [6.45, 7) is 2.10. The van der Waals surface area contributed by atoms with Gasteiger partial charge in [0.1, 0.15) is 18.1 Å². The van der Waals surface area contributed by atoms with Crippen molar-refractivity contribution < 1.29 is 23.0 Å². The van der Waals surface area contributed by atoms with Gasteiger partial charge in [0.05, 0.1) is 12.3 Å². The molecule has 1 N–H and O–H groups in total. The number of benzene rings is 2. The fourth-order valence-electron chi connectivity index (χ4n) is 2.32. The highest BCUT2D eigenvalue weighted by molar-refractivity contribution is 5.88. The summed E-state index contributed by atoms with van der Waals surface area (Å²) in [4.78, 5) is 11.7. The van der Waals surface area contributed by atoms with Crippen LogP contribution in [0.5, 0.6) is 5.75 Å². The summed E-state index contributed by atoms with van der Waals surface area (Å²) in [5.41, 5.74) is 2.07. The second-order valence-electron chi connectivity index (χ2n) is 5.45. The molecule has 0 saturated heterocycles. The summed E-state index contributed by atoms with van der Waals surface area (Å²) < 4.78 is 36.7. The van der Waals surface area contributed by atoms with E-state index < -0.39 is 17.6 Å². The van der Waals surface area contributed by atoms with Gasteiger partial charge in [0, 0.05) is 5.56 Å². The van der Waals surface area contributed by atoms with Gasteiger partial charge >= 0.3 is 5.97 Å². The Bertz CT molecular complexity index is 925. The predicted octanol–water partition coefficient (Wildman–Crippen LogP) is 4.11. The van der Waals surface area contributed by atoms with E-state index in [-0.39, 0.29) is 18.9 Å². The van der Waals surface area contributed by atoms with Crippen molar-refractivity contribution in [2.24, 2.45) is 0 Å². The van der Waals surface area contributed by atoms with Crippen molar-refractivity contribution in [2.45, 2.75) is 13.5 Å². The van der Waals surface area contributed by atoms with Crippen molar-refractivity contribution in [3.63, 3.8) is 0 Å².